The highest BCUT2D eigenvalue weighted by Crippen LogP contribution is 2.17. The van der Waals surface area contributed by atoms with Crippen molar-refractivity contribution in [1.82, 2.24) is 5.32 Å². The second-order valence-electron chi connectivity index (χ2n) is 7.14. The Morgan fingerprint density at radius 3 is 2.62 bits per heavy atom. The zero-order valence-electron chi connectivity index (χ0n) is 16.8. The molecule has 1 aromatic carbocycles. The van der Waals surface area contributed by atoms with Gasteiger partial charge in [0.05, 0.1) is 13.2 Å². The number of carbonyl (C=O) groups is 1. The first-order valence-electron chi connectivity index (χ1n) is 9.71. The molecule has 0 aliphatic rings. The Labute approximate surface area is 159 Å². The molecule has 0 amide bonds. The number of rotatable bonds is 13. The Balaban J connectivity index is 2.30. The molecule has 0 unspecified atom stereocenters. The number of nitrogens with one attached hydrogen (secondary N) is 1. The topological polar surface area (TPSA) is 47.6 Å². The molecule has 0 bridgehead atoms. The van der Waals surface area contributed by atoms with Gasteiger partial charge in [0.15, 0.2) is 0 Å². The fourth-order valence-corrected chi connectivity index (χ4v) is 2.93. The summed E-state index contributed by atoms with van der Waals surface area (Å²) in [6, 6.07) is 10.3. The van der Waals surface area contributed by atoms with Crippen molar-refractivity contribution in [3.05, 3.63) is 47.7 Å². The Kier molecular flexibility index (Phi) is 11.5. The number of esters is 1. The summed E-state index contributed by atoms with van der Waals surface area (Å²) < 4.78 is 10.7. The van der Waals surface area contributed by atoms with Gasteiger partial charge in [-0.1, -0.05) is 44.2 Å². The molecule has 0 fully saturated rings. The Morgan fingerprint density at radius 2 is 1.96 bits per heavy atom. The van der Waals surface area contributed by atoms with Gasteiger partial charge in [0.1, 0.15) is 0 Å². The number of benzene rings is 1. The SMILES string of the molecule is CCOC(=O)/C=C(/C)NC[C@@H](CCCOCc1ccccc1)CC(C)C. The predicted molar refractivity (Wildman–Crippen MR) is 107 cm³/mol. The van der Waals surface area contributed by atoms with Gasteiger partial charge in [-0.3, -0.25) is 0 Å². The predicted octanol–water partition coefficient (Wildman–Crippen LogP) is 4.70. The number of hydrogen-bond donors (Lipinski definition) is 1. The van der Waals surface area contributed by atoms with Gasteiger partial charge in [-0.2, -0.15) is 0 Å². The van der Waals surface area contributed by atoms with Gasteiger partial charge in [-0.15, -0.1) is 0 Å². The highest BCUT2D eigenvalue weighted by atomic mass is 16.5. The first-order chi connectivity index (χ1) is 12.5. The number of allylic oxidation sites excluding steroid dienone is 1. The van der Waals surface area contributed by atoms with E-state index in [0.717, 1.165) is 31.7 Å². The fraction of sp³-hybridized carbons (Fsp3) is 0.591. The third-order valence-corrected chi connectivity index (χ3v) is 4.11. The first kappa shape index (κ1) is 22.2. The summed E-state index contributed by atoms with van der Waals surface area (Å²) in [6.45, 7) is 11.0. The average Bonchev–Trinajstić information content (AvgIpc) is 2.59. The molecule has 0 saturated heterocycles. The van der Waals surface area contributed by atoms with Crippen LogP contribution in [0.5, 0.6) is 0 Å². The van der Waals surface area contributed by atoms with Gasteiger partial charge in [0, 0.05) is 24.9 Å². The van der Waals surface area contributed by atoms with Gasteiger partial charge in [0.25, 0.3) is 0 Å². The van der Waals surface area contributed by atoms with E-state index in [9.17, 15) is 4.79 Å². The average molecular weight is 362 g/mol. The molecule has 0 aliphatic heterocycles. The standard InChI is InChI=1S/C22H35NO3/c1-5-26-22(24)15-19(4)23-16-21(14-18(2)3)12-9-13-25-17-20-10-7-6-8-11-20/h6-8,10-11,15,18,21,23H,5,9,12-14,16-17H2,1-4H3/b19-15-/t21-/m0/s1. The van der Waals surface area contributed by atoms with Crippen LogP contribution in [0.2, 0.25) is 0 Å². The summed E-state index contributed by atoms with van der Waals surface area (Å²) in [4.78, 5) is 11.5. The number of ether oxygens (including phenoxy) is 2. The molecule has 1 atom stereocenters. The van der Waals surface area contributed by atoms with Crippen molar-refractivity contribution in [2.24, 2.45) is 11.8 Å². The first-order valence-corrected chi connectivity index (χ1v) is 9.71. The molecule has 4 nitrogen and oxygen atoms in total. The van der Waals surface area contributed by atoms with Gasteiger partial charge < -0.3 is 14.8 Å². The van der Waals surface area contributed by atoms with Crippen LogP contribution < -0.4 is 5.32 Å². The second kappa shape index (κ2) is 13.4. The maximum atomic E-state index is 11.5. The minimum absolute atomic E-state index is 0.285. The minimum Gasteiger partial charge on any atom is -0.463 e. The highest BCUT2D eigenvalue weighted by molar-refractivity contribution is 5.82. The van der Waals surface area contributed by atoms with Crippen LogP contribution in [0.3, 0.4) is 0 Å². The van der Waals surface area contributed by atoms with Crippen molar-refractivity contribution in [1.29, 1.82) is 0 Å². The third kappa shape index (κ3) is 10.9. The maximum absolute atomic E-state index is 11.5. The van der Waals surface area contributed by atoms with Gasteiger partial charge in [-0.25, -0.2) is 4.79 Å². The summed E-state index contributed by atoms with van der Waals surface area (Å²) in [5.74, 6) is 0.939. The highest BCUT2D eigenvalue weighted by Gasteiger charge is 2.11. The molecule has 0 aromatic heterocycles. The molecule has 0 aliphatic carbocycles. The van der Waals surface area contributed by atoms with E-state index in [1.54, 1.807) is 0 Å². The van der Waals surface area contributed by atoms with Crippen molar-refractivity contribution >= 4 is 5.97 Å². The van der Waals surface area contributed by atoms with Crippen LogP contribution in [0.15, 0.2) is 42.1 Å². The van der Waals surface area contributed by atoms with E-state index < -0.39 is 0 Å². The summed E-state index contributed by atoms with van der Waals surface area (Å²) in [5.41, 5.74) is 2.07. The molecule has 146 valence electrons. The van der Waals surface area contributed by atoms with Gasteiger partial charge in [-0.05, 0) is 50.5 Å². The van der Waals surface area contributed by atoms with E-state index in [1.165, 1.54) is 18.1 Å². The lowest BCUT2D eigenvalue weighted by Gasteiger charge is -2.20. The Bertz CT molecular complexity index is 525. The Morgan fingerprint density at radius 1 is 1.23 bits per heavy atom. The third-order valence-electron chi connectivity index (χ3n) is 4.11. The zero-order valence-corrected chi connectivity index (χ0v) is 16.8. The fourth-order valence-electron chi connectivity index (χ4n) is 2.93. The second-order valence-corrected chi connectivity index (χ2v) is 7.14. The molecule has 0 spiro atoms. The lowest BCUT2D eigenvalue weighted by atomic mass is 9.93. The van der Waals surface area contributed by atoms with E-state index >= 15 is 0 Å². The van der Waals surface area contributed by atoms with Crippen LogP contribution in [0.4, 0.5) is 0 Å². The molecule has 0 saturated carbocycles. The van der Waals surface area contributed by atoms with E-state index in [0.29, 0.717) is 25.0 Å². The molecule has 26 heavy (non-hydrogen) atoms. The summed E-state index contributed by atoms with van der Waals surface area (Å²) in [6.07, 6.45) is 4.86. The van der Waals surface area contributed by atoms with Crippen molar-refractivity contribution in [2.45, 2.75) is 53.6 Å². The van der Waals surface area contributed by atoms with Gasteiger partial charge in [0.2, 0.25) is 0 Å². The van der Waals surface area contributed by atoms with Crippen LogP contribution in [0.25, 0.3) is 0 Å². The molecular formula is C22H35NO3. The minimum atomic E-state index is -0.285. The summed E-state index contributed by atoms with van der Waals surface area (Å²) in [5, 5.41) is 3.36. The van der Waals surface area contributed by atoms with E-state index in [4.69, 9.17) is 9.47 Å². The molecular weight excluding hydrogens is 326 g/mol. The lowest BCUT2D eigenvalue weighted by Crippen LogP contribution is -2.23. The monoisotopic (exact) mass is 361 g/mol. The lowest BCUT2D eigenvalue weighted by molar-refractivity contribution is -0.137. The van der Waals surface area contributed by atoms with Crippen molar-refractivity contribution in [3.63, 3.8) is 0 Å². The van der Waals surface area contributed by atoms with Crippen LogP contribution in [-0.4, -0.2) is 25.7 Å². The van der Waals surface area contributed by atoms with E-state index in [1.807, 2.05) is 32.0 Å². The number of carbonyl (C=O) groups excluding carboxylic acids is 1. The van der Waals surface area contributed by atoms with Crippen LogP contribution >= 0.6 is 0 Å². The molecule has 1 aromatic rings. The van der Waals surface area contributed by atoms with Crippen LogP contribution in [-0.2, 0) is 20.9 Å². The van der Waals surface area contributed by atoms with Gasteiger partial charge >= 0.3 is 5.97 Å². The van der Waals surface area contributed by atoms with E-state index in [2.05, 4.69) is 31.3 Å². The molecule has 0 radical (unpaired) electrons. The maximum Gasteiger partial charge on any atom is 0.332 e. The smallest absolute Gasteiger partial charge is 0.332 e. The Hall–Kier alpha value is -1.81. The molecule has 0 heterocycles. The molecule has 4 heteroatoms. The quantitative estimate of drug-likeness (QED) is 0.314. The molecule has 1 N–H and O–H groups in total. The summed E-state index contributed by atoms with van der Waals surface area (Å²) in [7, 11) is 0. The normalized spacial score (nSPS) is 12.9. The number of hydrogen-bond acceptors (Lipinski definition) is 4. The largest absolute Gasteiger partial charge is 0.463 e. The van der Waals surface area contributed by atoms with Crippen LogP contribution in [0, 0.1) is 11.8 Å². The van der Waals surface area contributed by atoms with Crippen molar-refractivity contribution in [2.75, 3.05) is 19.8 Å². The summed E-state index contributed by atoms with van der Waals surface area (Å²) >= 11 is 0. The van der Waals surface area contributed by atoms with Crippen LogP contribution in [0.1, 0.15) is 52.5 Å². The van der Waals surface area contributed by atoms with Crippen molar-refractivity contribution < 1.29 is 14.3 Å². The van der Waals surface area contributed by atoms with Crippen molar-refractivity contribution in [3.8, 4) is 0 Å². The van der Waals surface area contributed by atoms with E-state index in [-0.39, 0.29) is 5.97 Å². The molecule has 1 rings (SSSR count). The zero-order chi connectivity index (χ0) is 19.2.